The number of rotatable bonds is 4. The highest BCUT2D eigenvalue weighted by Crippen LogP contribution is 2.59. The first kappa shape index (κ1) is 26.5. The van der Waals surface area contributed by atoms with Crippen LogP contribution in [0.5, 0.6) is 0 Å². The van der Waals surface area contributed by atoms with Gasteiger partial charge in [-0.25, -0.2) is 0 Å². The van der Waals surface area contributed by atoms with Crippen molar-refractivity contribution in [3.05, 3.63) is 141 Å². The molecule has 0 atom stereocenters. The van der Waals surface area contributed by atoms with E-state index in [-0.39, 0.29) is 0 Å². The molecule has 4 heteroatoms. The number of nitrogens with zero attached hydrogens (tertiary/aromatic N) is 4. The second-order valence-electron chi connectivity index (χ2n) is 14.2. The zero-order chi connectivity index (χ0) is 32.5. The van der Waals surface area contributed by atoms with Crippen LogP contribution in [0, 0.1) is 0 Å². The van der Waals surface area contributed by atoms with E-state index in [2.05, 4.69) is 143 Å². The monoisotopic (exact) mass is 632 g/mol. The first-order chi connectivity index (χ1) is 24.2. The molecule has 0 unspecified atom stereocenters. The highest BCUT2D eigenvalue weighted by molar-refractivity contribution is 6.33. The lowest BCUT2D eigenvalue weighted by molar-refractivity contribution is -0.806. The van der Waals surface area contributed by atoms with E-state index in [4.69, 9.17) is 0 Å². The number of benzene rings is 4. The third-order valence-corrected chi connectivity index (χ3v) is 12.4. The molecule has 4 aromatic carbocycles. The zero-order valence-corrected chi connectivity index (χ0v) is 28.4. The normalized spacial score (nSPS) is 18.3. The maximum atomic E-state index is 2.82. The van der Waals surface area contributed by atoms with Crippen LogP contribution in [0.15, 0.2) is 97.1 Å². The standard InChI is InChI=1S/C45H36N4/c1-5-25-37-29-17-9-11-19-31(29)39-26(6-2)41-33-21-13-15-23-35(33)43-28(8-4)44-36-24-16-14-22-34(36)42-27(7-3)40-32-20-12-10-18-30(32)38(25)47(40)45(46(37)39,48(41)43)49(42)44/h9-24H,5-8H2,1-4H3/q+2. The van der Waals surface area contributed by atoms with Gasteiger partial charge in [-0.2, -0.15) is 9.13 Å². The predicted octanol–water partition coefficient (Wildman–Crippen LogP) is 8.07. The van der Waals surface area contributed by atoms with Crippen molar-refractivity contribution in [1.82, 2.24) is 9.13 Å². The lowest BCUT2D eigenvalue weighted by Crippen LogP contribution is -2.70. The first-order valence-electron chi connectivity index (χ1n) is 18.2. The van der Waals surface area contributed by atoms with Crippen LogP contribution in [-0.2, 0) is 5.91 Å². The van der Waals surface area contributed by atoms with Crippen molar-refractivity contribution < 1.29 is 9.15 Å². The Bertz CT molecular complexity index is 2720. The van der Waals surface area contributed by atoms with Gasteiger partial charge in [-0.3, -0.25) is 0 Å². The summed E-state index contributed by atoms with van der Waals surface area (Å²) >= 11 is 0. The van der Waals surface area contributed by atoms with Gasteiger partial charge in [0, 0.05) is 43.8 Å². The van der Waals surface area contributed by atoms with Crippen LogP contribution in [0.1, 0.15) is 87.0 Å². The molecule has 6 aromatic rings. The first-order valence-corrected chi connectivity index (χ1v) is 18.2. The largest absolute Gasteiger partial charge is 0.554 e. The van der Waals surface area contributed by atoms with E-state index < -0.39 is 5.91 Å². The fourth-order valence-electron chi connectivity index (χ4n) is 11.0. The topological polar surface area (TPSA) is 15.9 Å². The summed E-state index contributed by atoms with van der Waals surface area (Å²) < 4.78 is 11.3. The smallest absolute Gasteiger partial charge is 0.197 e. The molecule has 8 heterocycles. The highest BCUT2D eigenvalue weighted by atomic mass is 15.6. The quantitative estimate of drug-likeness (QED) is 0.175. The summed E-state index contributed by atoms with van der Waals surface area (Å²) in [4.78, 5) is 0. The molecule has 49 heavy (non-hydrogen) atoms. The number of fused-ring (bicyclic) bond motifs is 12. The van der Waals surface area contributed by atoms with Crippen molar-refractivity contribution in [2.45, 2.75) is 59.3 Å². The fraction of sp³-hybridized carbons (Fsp3) is 0.200. The molecule has 234 valence electrons. The Balaban J connectivity index is 1.50. The second kappa shape index (κ2) is 8.56. The molecule has 0 saturated heterocycles. The van der Waals surface area contributed by atoms with Crippen LogP contribution >= 0.6 is 0 Å². The Morgan fingerprint density at radius 3 is 1.20 bits per heavy atom. The second-order valence-corrected chi connectivity index (χ2v) is 14.2. The van der Waals surface area contributed by atoms with Crippen molar-refractivity contribution in [2.75, 3.05) is 0 Å². The Labute approximate surface area is 284 Å². The van der Waals surface area contributed by atoms with Crippen molar-refractivity contribution in [1.29, 1.82) is 0 Å². The fourth-order valence-corrected chi connectivity index (χ4v) is 11.0. The lowest BCUT2D eigenvalue weighted by atomic mass is 9.94. The summed E-state index contributed by atoms with van der Waals surface area (Å²) in [5, 5.41) is 8.20. The lowest BCUT2D eigenvalue weighted by Gasteiger charge is -2.41. The number of hydrogen-bond donors (Lipinski definition) is 0. The summed E-state index contributed by atoms with van der Waals surface area (Å²) in [6, 6.07) is 37.1. The molecule has 12 rings (SSSR count). The molecule has 0 fully saturated rings. The minimum Gasteiger partial charge on any atom is -0.197 e. The minimum atomic E-state index is -0.713. The predicted molar refractivity (Wildman–Crippen MR) is 200 cm³/mol. The highest BCUT2D eigenvalue weighted by Gasteiger charge is 2.75. The molecule has 0 amide bonds. The molecule has 1 spiro atoms. The Morgan fingerprint density at radius 2 is 0.796 bits per heavy atom. The Kier molecular flexibility index (Phi) is 4.63. The number of allylic oxidation sites excluding steroid dienone is 2. The van der Waals surface area contributed by atoms with Gasteiger partial charge in [-0.1, -0.05) is 110 Å². The molecule has 6 aliphatic rings. The zero-order valence-electron chi connectivity index (χ0n) is 28.4. The number of hydrogen-bond acceptors (Lipinski definition) is 0. The van der Waals surface area contributed by atoms with E-state index in [0.717, 1.165) is 25.7 Å². The molecule has 0 saturated carbocycles. The third kappa shape index (κ3) is 2.52. The van der Waals surface area contributed by atoms with Gasteiger partial charge in [-0.15, -0.1) is 0 Å². The molecule has 0 radical (unpaired) electrons. The Morgan fingerprint density at radius 1 is 0.429 bits per heavy atom. The van der Waals surface area contributed by atoms with Gasteiger partial charge >= 0.3 is 5.91 Å². The van der Waals surface area contributed by atoms with Crippen molar-refractivity contribution >= 4 is 66.7 Å². The van der Waals surface area contributed by atoms with Crippen LogP contribution in [0.2, 0.25) is 0 Å². The molecule has 0 aliphatic carbocycles. The average Bonchev–Trinajstić information content (AvgIpc) is 3.89. The Hall–Kier alpha value is -5.48. The molecule has 4 nitrogen and oxygen atoms in total. The van der Waals surface area contributed by atoms with Gasteiger partial charge in [0.15, 0.2) is 0 Å². The van der Waals surface area contributed by atoms with Crippen molar-refractivity contribution in [3.63, 3.8) is 0 Å². The molecule has 2 aromatic heterocycles. The van der Waals surface area contributed by atoms with E-state index in [0.29, 0.717) is 0 Å². The molecule has 0 bridgehead atoms. The third-order valence-electron chi connectivity index (χ3n) is 12.4. The summed E-state index contributed by atoms with van der Waals surface area (Å²) in [7, 11) is 0. The van der Waals surface area contributed by atoms with Crippen LogP contribution < -0.4 is 10.7 Å². The molecular formula is C45H36N4+2. The van der Waals surface area contributed by atoms with Gasteiger partial charge in [0.2, 0.25) is 22.8 Å². The van der Waals surface area contributed by atoms with Crippen LogP contribution in [0.3, 0.4) is 0 Å². The summed E-state index contributed by atoms with van der Waals surface area (Å²) in [6.07, 6.45) is 3.81. The molecule has 0 N–H and O–H groups in total. The SMILES string of the molecule is CCC1=C2c3ccccc3C3=[N+]2C24n5c1c1ccccc1c5C(CC)=C1c5ccccc5C(=[N+]12)C(CC)=c1c2ccccc2c(n14)=C3CC. The molecular weight excluding hydrogens is 597 g/mol. The van der Waals surface area contributed by atoms with E-state index in [1.165, 1.54) is 111 Å². The average molecular weight is 633 g/mol. The van der Waals surface area contributed by atoms with Crippen LogP contribution in [0.25, 0.3) is 55.2 Å². The van der Waals surface area contributed by atoms with Gasteiger partial charge in [-0.05, 0) is 49.9 Å². The van der Waals surface area contributed by atoms with Gasteiger partial charge in [0.25, 0.3) is 0 Å². The van der Waals surface area contributed by atoms with Gasteiger partial charge in [0.1, 0.15) is 0 Å². The molecule has 6 aliphatic heterocycles. The maximum absolute atomic E-state index is 2.82. The minimum absolute atomic E-state index is 0.713. The number of aromatic nitrogens is 2. The van der Waals surface area contributed by atoms with E-state index >= 15 is 0 Å². The van der Waals surface area contributed by atoms with E-state index in [1.807, 2.05) is 0 Å². The van der Waals surface area contributed by atoms with Crippen LogP contribution in [0.4, 0.5) is 0 Å². The summed E-state index contributed by atoms with van der Waals surface area (Å²) in [6.45, 7) is 9.46. The van der Waals surface area contributed by atoms with Crippen molar-refractivity contribution in [2.24, 2.45) is 0 Å². The van der Waals surface area contributed by atoms with Crippen molar-refractivity contribution in [3.8, 4) is 0 Å². The summed E-state index contributed by atoms with van der Waals surface area (Å²) in [5.41, 5.74) is 19.5. The van der Waals surface area contributed by atoms with Crippen LogP contribution in [-0.4, -0.2) is 29.7 Å². The van der Waals surface area contributed by atoms with E-state index in [1.54, 1.807) is 0 Å². The summed E-state index contributed by atoms with van der Waals surface area (Å²) in [5.74, 6) is -0.713. The van der Waals surface area contributed by atoms with E-state index in [9.17, 15) is 0 Å². The van der Waals surface area contributed by atoms with Gasteiger partial charge in [0.05, 0.1) is 44.3 Å². The maximum Gasteiger partial charge on any atom is 0.554 e. The van der Waals surface area contributed by atoms with Gasteiger partial charge < -0.3 is 0 Å².